The highest BCUT2D eigenvalue weighted by molar-refractivity contribution is 7.15. The van der Waals surface area contributed by atoms with Gasteiger partial charge in [0.05, 0.1) is 28.2 Å². The van der Waals surface area contributed by atoms with Gasteiger partial charge in [0.15, 0.2) is 0 Å². The lowest BCUT2D eigenvalue weighted by molar-refractivity contribution is -0.0723. The summed E-state index contributed by atoms with van der Waals surface area (Å²) in [6, 6.07) is 0.937. The smallest absolute Gasteiger partial charge is 0.410 e. The Bertz CT molecular complexity index is 903. The summed E-state index contributed by atoms with van der Waals surface area (Å²) in [6.07, 6.45) is 0.299. The number of hydrogen-bond acceptors (Lipinski definition) is 7. The van der Waals surface area contributed by atoms with Crippen molar-refractivity contribution in [2.24, 2.45) is 0 Å². The molecule has 0 aromatic carbocycles. The van der Waals surface area contributed by atoms with Crippen LogP contribution >= 0.6 is 22.9 Å². The van der Waals surface area contributed by atoms with Crippen LogP contribution in [0.3, 0.4) is 0 Å². The van der Waals surface area contributed by atoms with E-state index in [4.69, 9.17) is 16.3 Å². The summed E-state index contributed by atoms with van der Waals surface area (Å²) in [6.45, 7) is 6.27. The maximum atomic E-state index is 14.2. The summed E-state index contributed by atoms with van der Waals surface area (Å²) in [5.41, 5.74) is -0.222. The second-order valence-corrected chi connectivity index (χ2v) is 9.44. The van der Waals surface area contributed by atoms with Crippen molar-refractivity contribution in [3.8, 4) is 10.6 Å². The first-order chi connectivity index (χ1) is 13.4. The average Bonchev–Trinajstić information content (AvgIpc) is 2.90. The van der Waals surface area contributed by atoms with Crippen LogP contribution in [-0.4, -0.2) is 56.6 Å². The van der Waals surface area contributed by atoms with E-state index in [0.717, 1.165) is 9.91 Å². The van der Waals surface area contributed by atoms with Crippen LogP contribution in [-0.2, 0) is 4.74 Å². The van der Waals surface area contributed by atoms with E-state index in [1.54, 1.807) is 26.8 Å². The molecule has 1 aliphatic rings. The van der Waals surface area contributed by atoms with Crippen LogP contribution in [0.15, 0.2) is 12.3 Å². The molecule has 7 nitrogen and oxygen atoms in total. The third kappa shape index (κ3) is 5.72. The minimum atomic E-state index is -3.05. The molecule has 0 radical (unpaired) electrons. The number of nitrogens with zero attached hydrogens (tertiary/aromatic N) is 4. The molecule has 0 aliphatic carbocycles. The molecule has 1 amide bonds. The molecule has 1 saturated heterocycles. The molecule has 1 fully saturated rings. The van der Waals surface area contributed by atoms with Crippen LogP contribution in [0.5, 0.6) is 0 Å². The summed E-state index contributed by atoms with van der Waals surface area (Å²) in [5.74, 6) is -2.88. The molecule has 0 bridgehead atoms. The second kappa shape index (κ2) is 7.98. The molecule has 2 aromatic heterocycles. The van der Waals surface area contributed by atoms with Crippen molar-refractivity contribution in [2.75, 3.05) is 18.4 Å². The molecular formula is C18H22ClF2N5O2S. The van der Waals surface area contributed by atoms with Gasteiger partial charge in [-0.05, 0) is 33.8 Å². The maximum Gasteiger partial charge on any atom is 0.410 e. The molecule has 0 spiro atoms. The SMILES string of the molecule is Cc1nc(Cl)c(-c2ccnc(N[C@@H]3CN(C(=O)OC(C)(C)C)CC(F)(F)C3)n2)s1. The van der Waals surface area contributed by atoms with Gasteiger partial charge in [0.2, 0.25) is 5.95 Å². The predicted octanol–water partition coefficient (Wildman–Crippen LogP) is 4.62. The molecule has 0 unspecified atom stereocenters. The van der Waals surface area contributed by atoms with Crippen molar-refractivity contribution in [3.63, 3.8) is 0 Å². The topological polar surface area (TPSA) is 80.2 Å². The number of rotatable bonds is 3. The quantitative estimate of drug-likeness (QED) is 0.742. The van der Waals surface area contributed by atoms with Crippen LogP contribution in [0.25, 0.3) is 10.6 Å². The fourth-order valence-corrected chi connectivity index (χ4v) is 4.13. The van der Waals surface area contributed by atoms with Gasteiger partial charge in [-0.15, -0.1) is 11.3 Å². The summed E-state index contributed by atoms with van der Waals surface area (Å²) in [7, 11) is 0. The lowest BCUT2D eigenvalue weighted by atomic mass is 10.0. The predicted molar refractivity (Wildman–Crippen MR) is 108 cm³/mol. The van der Waals surface area contributed by atoms with Crippen molar-refractivity contribution in [3.05, 3.63) is 22.4 Å². The molecule has 3 rings (SSSR count). The van der Waals surface area contributed by atoms with Crippen LogP contribution < -0.4 is 5.32 Å². The van der Waals surface area contributed by atoms with Gasteiger partial charge < -0.3 is 15.0 Å². The Kier molecular flexibility index (Phi) is 5.96. The molecule has 29 heavy (non-hydrogen) atoms. The Balaban J connectivity index is 1.76. The van der Waals surface area contributed by atoms with Gasteiger partial charge in [0, 0.05) is 19.2 Å². The first-order valence-corrected chi connectivity index (χ1v) is 10.2. The van der Waals surface area contributed by atoms with Crippen LogP contribution in [0.4, 0.5) is 19.5 Å². The number of anilines is 1. The number of hydrogen-bond donors (Lipinski definition) is 1. The fraction of sp³-hybridized carbons (Fsp3) is 0.556. The third-order valence-electron chi connectivity index (χ3n) is 3.97. The molecule has 2 aromatic rings. The van der Waals surface area contributed by atoms with Crippen molar-refractivity contribution in [1.29, 1.82) is 0 Å². The van der Waals surface area contributed by atoms with E-state index in [2.05, 4.69) is 20.3 Å². The Morgan fingerprint density at radius 1 is 1.41 bits per heavy atom. The van der Waals surface area contributed by atoms with E-state index in [9.17, 15) is 13.6 Å². The number of alkyl halides is 2. The van der Waals surface area contributed by atoms with E-state index in [1.165, 1.54) is 17.5 Å². The number of amides is 1. The molecule has 1 atom stereocenters. The maximum absolute atomic E-state index is 14.2. The van der Waals surface area contributed by atoms with Crippen molar-refractivity contribution >= 4 is 35.0 Å². The largest absolute Gasteiger partial charge is 0.444 e. The van der Waals surface area contributed by atoms with E-state index in [0.29, 0.717) is 15.7 Å². The second-order valence-electron chi connectivity index (χ2n) is 7.88. The summed E-state index contributed by atoms with van der Waals surface area (Å²) < 4.78 is 33.7. The summed E-state index contributed by atoms with van der Waals surface area (Å²) in [4.78, 5) is 26.6. The number of carbonyl (C=O) groups is 1. The standard InChI is InChI=1S/C18H22ClF2N5O2S/c1-10-23-14(19)13(29-10)12-5-6-22-15(25-12)24-11-7-18(20,21)9-26(8-11)16(27)28-17(2,3)4/h5-6,11H,7-9H2,1-4H3,(H,22,24,25)/t11-/m0/s1. The Morgan fingerprint density at radius 3 is 2.76 bits per heavy atom. The van der Waals surface area contributed by atoms with Gasteiger partial charge in [-0.1, -0.05) is 11.6 Å². The molecule has 11 heteroatoms. The number of thiazole rings is 1. The zero-order valence-corrected chi connectivity index (χ0v) is 18.1. The lowest BCUT2D eigenvalue weighted by Gasteiger charge is -2.38. The molecule has 3 heterocycles. The highest BCUT2D eigenvalue weighted by Gasteiger charge is 2.43. The third-order valence-corrected chi connectivity index (χ3v) is 5.35. The Morgan fingerprint density at radius 2 is 2.14 bits per heavy atom. The Hall–Kier alpha value is -2.07. The zero-order chi connectivity index (χ0) is 21.4. The minimum Gasteiger partial charge on any atom is -0.444 e. The molecular weight excluding hydrogens is 424 g/mol. The van der Waals surface area contributed by atoms with E-state index >= 15 is 0 Å². The monoisotopic (exact) mass is 445 g/mol. The van der Waals surface area contributed by atoms with Crippen LogP contribution in [0.1, 0.15) is 32.2 Å². The number of halogens is 3. The lowest BCUT2D eigenvalue weighted by Crippen LogP contribution is -2.54. The van der Waals surface area contributed by atoms with Crippen molar-refractivity contribution < 1.29 is 18.3 Å². The van der Waals surface area contributed by atoms with Gasteiger partial charge >= 0.3 is 6.09 Å². The average molecular weight is 446 g/mol. The molecule has 1 N–H and O–H groups in total. The summed E-state index contributed by atoms with van der Waals surface area (Å²) in [5, 5.41) is 4.03. The Labute approximate surface area is 176 Å². The molecule has 0 saturated carbocycles. The normalized spacial score (nSPS) is 19.1. The number of piperidine rings is 1. The van der Waals surface area contributed by atoms with Gasteiger partial charge in [-0.3, -0.25) is 0 Å². The van der Waals surface area contributed by atoms with Gasteiger partial charge in [0.25, 0.3) is 5.92 Å². The number of carbonyl (C=O) groups excluding carboxylic acids is 1. The number of ether oxygens (including phenoxy) is 1. The van der Waals surface area contributed by atoms with Gasteiger partial charge in [-0.2, -0.15) is 0 Å². The highest BCUT2D eigenvalue weighted by atomic mass is 35.5. The van der Waals surface area contributed by atoms with Gasteiger partial charge in [-0.25, -0.2) is 28.5 Å². The fourth-order valence-electron chi connectivity index (χ4n) is 2.96. The van der Waals surface area contributed by atoms with Crippen molar-refractivity contribution in [2.45, 2.75) is 51.7 Å². The van der Waals surface area contributed by atoms with E-state index in [1.807, 2.05) is 6.92 Å². The number of nitrogens with one attached hydrogen (secondary N) is 1. The molecule has 158 valence electrons. The highest BCUT2D eigenvalue weighted by Crippen LogP contribution is 2.33. The van der Waals surface area contributed by atoms with Crippen LogP contribution in [0.2, 0.25) is 5.15 Å². The summed E-state index contributed by atoms with van der Waals surface area (Å²) >= 11 is 7.51. The van der Waals surface area contributed by atoms with Crippen molar-refractivity contribution in [1.82, 2.24) is 19.9 Å². The zero-order valence-electron chi connectivity index (χ0n) is 16.5. The number of likely N-dealkylation sites (tertiary alicyclic amines) is 1. The van der Waals surface area contributed by atoms with E-state index in [-0.39, 0.29) is 12.5 Å². The van der Waals surface area contributed by atoms with E-state index < -0.39 is 36.6 Å². The van der Waals surface area contributed by atoms with Crippen LogP contribution in [0, 0.1) is 6.92 Å². The number of aromatic nitrogens is 3. The molecule has 1 aliphatic heterocycles. The first kappa shape index (κ1) is 21.6. The minimum absolute atomic E-state index is 0.0541. The first-order valence-electron chi connectivity index (χ1n) is 9.00. The van der Waals surface area contributed by atoms with Gasteiger partial charge in [0.1, 0.15) is 10.8 Å². The number of aryl methyl sites for hydroxylation is 1.